The quantitative estimate of drug-likeness (QED) is 0.569. The Balaban J connectivity index is 3.65. The maximum Gasteiger partial charge on any atom is 0.323 e. The summed E-state index contributed by atoms with van der Waals surface area (Å²) in [5.41, 5.74) is 0.607. The van der Waals surface area contributed by atoms with Crippen molar-refractivity contribution in [3.8, 4) is 0 Å². The Kier molecular flexibility index (Phi) is 9.39. The Labute approximate surface area is 96.6 Å². The lowest BCUT2D eigenvalue weighted by Gasteiger charge is -2.21. The molecule has 3 nitrogen and oxygen atoms in total. The lowest BCUT2D eigenvalue weighted by molar-refractivity contribution is 0.258. The molecule has 0 aliphatic heterocycles. The van der Waals surface area contributed by atoms with Gasteiger partial charge in [-0.25, -0.2) is 0 Å². The van der Waals surface area contributed by atoms with E-state index in [1.807, 2.05) is 0 Å². The molecule has 0 aromatic heterocycles. The van der Waals surface area contributed by atoms with E-state index in [9.17, 15) is 0 Å². The van der Waals surface area contributed by atoms with Gasteiger partial charge >= 0.3 is 9.28 Å². The largest absolute Gasteiger partial charge is 0.400 e. The molecule has 0 radical (unpaired) electrons. The highest BCUT2D eigenvalue weighted by molar-refractivity contribution is 6.46. The Bertz CT molecular complexity index is 139. The lowest BCUT2D eigenvalue weighted by atomic mass is 10.2. The predicted octanol–water partition coefficient (Wildman–Crippen LogP) is 2.01. The van der Waals surface area contributed by atoms with Crippen molar-refractivity contribution < 1.29 is 8.85 Å². The van der Waals surface area contributed by atoms with Gasteiger partial charge in [0.25, 0.3) is 0 Å². The summed E-state index contributed by atoms with van der Waals surface area (Å²) < 4.78 is 10.7. The first kappa shape index (κ1) is 15.1. The predicted molar refractivity (Wildman–Crippen MR) is 67.6 cm³/mol. The average molecular weight is 233 g/mol. The van der Waals surface area contributed by atoms with E-state index in [0.29, 0.717) is 5.54 Å². The van der Waals surface area contributed by atoms with Gasteiger partial charge in [-0.2, -0.15) is 0 Å². The van der Waals surface area contributed by atoms with Gasteiger partial charge in [0.1, 0.15) is 0 Å². The van der Waals surface area contributed by atoms with Crippen LogP contribution < -0.4 is 0 Å². The second-order valence-corrected chi connectivity index (χ2v) is 6.80. The maximum absolute atomic E-state index is 5.37. The smallest absolute Gasteiger partial charge is 0.323 e. The fourth-order valence-electron chi connectivity index (χ4n) is 1.87. The monoisotopic (exact) mass is 233 g/mol. The van der Waals surface area contributed by atoms with Crippen LogP contribution in [0.2, 0.25) is 5.54 Å². The topological polar surface area (TPSA) is 21.7 Å². The zero-order chi connectivity index (χ0) is 11.7. The summed E-state index contributed by atoms with van der Waals surface area (Å²) >= 11 is 0. The fraction of sp³-hybridized carbons (Fsp3) is 1.00. The summed E-state index contributed by atoms with van der Waals surface area (Å²) in [6.45, 7) is 10.2. The Morgan fingerprint density at radius 3 is 2.07 bits per heavy atom. The summed E-state index contributed by atoms with van der Waals surface area (Å²) in [7, 11) is 2.14. The Morgan fingerprint density at radius 2 is 1.67 bits per heavy atom. The third-order valence-corrected chi connectivity index (χ3v) is 5.15. The minimum absolute atomic E-state index is 0.607. The first-order valence-corrected chi connectivity index (χ1v) is 7.58. The third kappa shape index (κ3) is 6.30. The second-order valence-electron chi connectivity index (χ2n) is 3.99. The Hall–Kier alpha value is 0.0969. The molecule has 0 N–H and O–H groups in total. The first-order chi connectivity index (χ1) is 7.19. The van der Waals surface area contributed by atoms with Gasteiger partial charge in [-0.3, -0.25) is 0 Å². The molecule has 0 amide bonds. The molecule has 0 saturated carbocycles. The molecule has 0 fully saturated rings. The van der Waals surface area contributed by atoms with Crippen molar-refractivity contribution in [1.29, 1.82) is 0 Å². The van der Waals surface area contributed by atoms with Crippen LogP contribution in [-0.4, -0.2) is 48.0 Å². The number of hydrogen-bond donors (Lipinski definition) is 0. The van der Waals surface area contributed by atoms with Crippen LogP contribution in [0.15, 0.2) is 0 Å². The van der Waals surface area contributed by atoms with Gasteiger partial charge in [-0.1, -0.05) is 20.8 Å². The van der Waals surface area contributed by atoms with Gasteiger partial charge in [0, 0.05) is 14.2 Å². The van der Waals surface area contributed by atoms with E-state index in [4.69, 9.17) is 8.85 Å². The zero-order valence-electron chi connectivity index (χ0n) is 11.0. The van der Waals surface area contributed by atoms with Crippen molar-refractivity contribution in [2.24, 2.45) is 0 Å². The number of hydrogen-bond acceptors (Lipinski definition) is 3. The van der Waals surface area contributed by atoms with E-state index in [-0.39, 0.29) is 0 Å². The number of rotatable bonds is 9. The zero-order valence-corrected chi connectivity index (χ0v) is 12.1. The van der Waals surface area contributed by atoms with E-state index in [2.05, 4.69) is 25.7 Å². The first-order valence-electron chi connectivity index (χ1n) is 5.97. The molecule has 0 rings (SSSR count). The average Bonchev–Trinajstić information content (AvgIpc) is 2.26. The summed E-state index contributed by atoms with van der Waals surface area (Å²) in [6.07, 6.45) is 2.47. The van der Waals surface area contributed by atoms with Crippen LogP contribution in [0, 0.1) is 0 Å². The van der Waals surface area contributed by atoms with Crippen LogP contribution >= 0.6 is 0 Å². The SMILES string of the molecule is CCN(CC)CCCC(C)[SiH](OC)OC. The summed E-state index contributed by atoms with van der Waals surface area (Å²) in [5, 5.41) is 0. The standard InChI is InChI=1S/C11H27NO2Si/c1-6-12(7-2)10-8-9-11(3)15(13-4)14-5/h11,15H,6-10H2,1-5H3. The highest BCUT2D eigenvalue weighted by atomic mass is 28.3. The molecule has 92 valence electrons. The van der Waals surface area contributed by atoms with Crippen molar-refractivity contribution in [1.82, 2.24) is 4.90 Å². The molecule has 0 aliphatic rings. The molecule has 15 heavy (non-hydrogen) atoms. The van der Waals surface area contributed by atoms with Crippen molar-refractivity contribution in [2.75, 3.05) is 33.9 Å². The summed E-state index contributed by atoms with van der Waals surface area (Å²) in [5.74, 6) is 0. The van der Waals surface area contributed by atoms with E-state index in [0.717, 1.165) is 13.1 Å². The molecule has 4 heteroatoms. The second kappa shape index (κ2) is 9.33. The molecule has 0 spiro atoms. The van der Waals surface area contributed by atoms with Crippen molar-refractivity contribution in [2.45, 2.75) is 39.2 Å². The van der Waals surface area contributed by atoms with Gasteiger partial charge in [0.05, 0.1) is 0 Å². The highest BCUT2D eigenvalue weighted by Gasteiger charge is 2.19. The summed E-state index contributed by atoms with van der Waals surface area (Å²) in [4.78, 5) is 2.46. The molecule has 0 saturated heterocycles. The van der Waals surface area contributed by atoms with Crippen LogP contribution in [0.25, 0.3) is 0 Å². The molecular formula is C11H27NO2Si. The van der Waals surface area contributed by atoms with Crippen LogP contribution in [0.5, 0.6) is 0 Å². The van der Waals surface area contributed by atoms with E-state index < -0.39 is 9.28 Å². The molecule has 1 atom stereocenters. The normalized spacial score (nSPS) is 13.8. The molecule has 0 aliphatic carbocycles. The number of nitrogens with zero attached hydrogens (tertiary/aromatic N) is 1. The lowest BCUT2D eigenvalue weighted by Crippen LogP contribution is -2.27. The molecule has 0 bridgehead atoms. The maximum atomic E-state index is 5.37. The molecule has 0 aromatic carbocycles. The van der Waals surface area contributed by atoms with E-state index >= 15 is 0 Å². The van der Waals surface area contributed by atoms with E-state index in [1.54, 1.807) is 14.2 Å². The highest BCUT2D eigenvalue weighted by Crippen LogP contribution is 2.17. The van der Waals surface area contributed by atoms with Crippen LogP contribution in [0.3, 0.4) is 0 Å². The molecule has 1 unspecified atom stereocenters. The molecular weight excluding hydrogens is 206 g/mol. The minimum atomic E-state index is -1.39. The van der Waals surface area contributed by atoms with Gasteiger partial charge in [-0.05, 0) is 38.0 Å². The van der Waals surface area contributed by atoms with Crippen LogP contribution in [0.4, 0.5) is 0 Å². The Morgan fingerprint density at radius 1 is 1.13 bits per heavy atom. The molecule has 0 heterocycles. The van der Waals surface area contributed by atoms with Crippen LogP contribution in [0.1, 0.15) is 33.6 Å². The summed E-state index contributed by atoms with van der Waals surface area (Å²) in [6, 6.07) is 0. The van der Waals surface area contributed by atoms with Gasteiger partial charge < -0.3 is 13.8 Å². The third-order valence-electron chi connectivity index (χ3n) is 2.96. The van der Waals surface area contributed by atoms with Crippen LogP contribution in [-0.2, 0) is 8.85 Å². The molecule has 0 aromatic rings. The van der Waals surface area contributed by atoms with Crippen molar-refractivity contribution in [3.63, 3.8) is 0 Å². The van der Waals surface area contributed by atoms with Gasteiger partial charge in [0.15, 0.2) is 0 Å². The van der Waals surface area contributed by atoms with E-state index in [1.165, 1.54) is 19.4 Å². The van der Waals surface area contributed by atoms with Gasteiger partial charge in [-0.15, -0.1) is 0 Å². The van der Waals surface area contributed by atoms with Crippen molar-refractivity contribution >= 4 is 9.28 Å². The van der Waals surface area contributed by atoms with Gasteiger partial charge in [0.2, 0.25) is 0 Å². The van der Waals surface area contributed by atoms with Crippen molar-refractivity contribution in [3.05, 3.63) is 0 Å². The fourth-order valence-corrected chi connectivity index (χ4v) is 3.50. The minimum Gasteiger partial charge on any atom is -0.400 e.